The molecule has 2 heterocycles. The van der Waals surface area contributed by atoms with Crippen LogP contribution in [0.4, 0.5) is 11.4 Å². The van der Waals surface area contributed by atoms with E-state index < -0.39 is 17.3 Å². The van der Waals surface area contributed by atoms with Crippen LogP contribution in [0.25, 0.3) is 0 Å². The van der Waals surface area contributed by atoms with Gasteiger partial charge in [-0.3, -0.25) is 14.5 Å². The number of rotatable bonds is 11. The summed E-state index contributed by atoms with van der Waals surface area (Å²) in [6.45, 7) is 6.83. The second-order valence-corrected chi connectivity index (χ2v) is 12.6. The number of unbranched alkanes of at least 4 members (excludes halogenated alkanes) is 2. The molecule has 2 aliphatic rings. The lowest BCUT2D eigenvalue weighted by Crippen LogP contribution is -2.46. The number of thioether (sulfide) groups is 1. The number of nitrogens with zero attached hydrogens (tertiary/aromatic N) is 3. The molecule has 0 bridgehead atoms. The number of hydrogen-bond donors (Lipinski definition) is 0. The first-order valence-electron chi connectivity index (χ1n) is 15.1. The molecule has 0 N–H and O–H groups in total. The van der Waals surface area contributed by atoms with Crippen molar-refractivity contribution < 1.29 is 23.8 Å². The van der Waals surface area contributed by atoms with Crippen LogP contribution in [0.3, 0.4) is 0 Å². The molecule has 0 radical (unpaired) electrons. The number of para-hydroxylation sites is 2. The van der Waals surface area contributed by atoms with Gasteiger partial charge in [-0.1, -0.05) is 42.3 Å². The van der Waals surface area contributed by atoms with E-state index in [1.807, 2.05) is 48.5 Å². The Kier molecular flexibility index (Phi) is 11.0. The molecular weight excluding hydrogens is 598 g/mol. The van der Waals surface area contributed by atoms with E-state index in [2.05, 4.69) is 21.9 Å². The molecule has 2 aliphatic heterocycles. The molecular formula is C34H40ClN3O5S. The number of benzene rings is 3. The van der Waals surface area contributed by atoms with Crippen molar-refractivity contribution in [2.24, 2.45) is 0 Å². The van der Waals surface area contributed by atoms with Crippen molar-refractivity contribution in [1.82, 2.24) is 4.90 Å². The first kappa shape index (κ1) is 32.0. The number of hydrogen-bond acceptors (Lipinski definition) is 8. The molecule has 5 rings (SSSR count). The molecule has 1 unspecified atom stereocenters. The van der Waals surface area contributed by atoms with Crippen LogP contribution in [0.2, 0.25) is 5.02 Å². The summed E-state index contributed by atoms with van der Waals surface area (Å²) in [5.41, 5.74) is 2.82. The number of amides is 1. The molecule has 10 heteroatoms. The highest BCUT2D eigenvalue weighted by atomic mass is 35.5. The van der Waals surface area contributed by atoms with E-state index in [9.17, 15) is 9.59 Å². The average Bonchev–Trinajstić information content (AvgIpc) is 3.15. The lowest BCUT2D eigenvalue weighted by molar-refractivity contribution is -0.152. The maximum Gasteiger partial charge on any atom is 0.303 e. The number of halogens is 1. The number of carbonyl (C=O) groups excluding carboxylic acids is 2. The zero-order valence-corrected chi connectivity index (χ0v) is 27.1. The Labute approximate surface area is 269 Å². The Balaban J connectivity index is 1.21. The molecule has 1 saturated heterocycles. The van der Waals surface area contributed by atoms with E-state index in [1.165, 1.54) is 18.7 Å². The smallest absolute Gasteiger partial charge is 0.303 e. The first-order chi connectivity index (χ1) is 21.4. The van der Waals surface area contributed by atoms with Crippen LogP contribution in [0.5, 0.6) is 11.5 Å². The molecule has 234 valence electrons. The van der Waals surface area contributed by atoms with Crippen molar-refractivity contribution in [3.8, 4) is 11.5 Å². The van der Waals surface area contributed by atoms with E-state index in [0.29, 0.717) is 17.3 Å². The Morgan fingerprint density at radius 2 is 1.61 bits per heavy atom. The number of esters is 1. The first-order valence-corrected chi connectivity index (χ1v) is 16.3. The molecule has 1 amide bonds. The number of piperazine rings is 1. The van der Waals surface area contributed by atoms with Gasteiger partial charge in [-0.25, -0.2) is 0 Å². The average molecular weight is 638 g/mol. The summed E-state index contributed by atoms with van der Waals surface area (Å²) in [7, 11) is 3.33. The van der Waals surface area contributed by atoms with Gasteiger partial charge in [0, 0.05) is 49.6 Å². The third-order valence-electron chi connectivity index (χ3n) is 8.14. The second-order valence-electron chi connectivity index (χ2n) is 11.0. The number of fused-ring (bicyclic) bond motifs is 1. The molecule has 3 aromatic carbocycles. The van der Waals surface area contributed by atoms with Crippen LogP contribution in [-0.2, 0) is 14.3 Å². The van der Waals surface area contributed by atoms with Crippen LogP contribution >= 0.6 is 23.4 Å². The van der Waals surface area contributed by atoms with Gasteiger partial charge in [0.2, 0.25) is 0 Å². The Hall–Kier alpha value is -3.40. The van der Waals surface area contributed by atoms with Crippen LogP contribution < -0.4 is 19.3 Å². The fourth-order valence-electron chi connectivity index (χ4n) is 5.85. The summed E-state index contributed by atoms with van der Waals surface area (Å²) in [4.78, 5) is 33.9. The van der Waals surface area contributed by atoms with Gasteiger partial charge in [-0.05, 0) is 67.4 Å². The number of anilines is 2. The molecule has 44 heavy (non-hydrogen) atoms. The predicted molar refractivity (Wildman–Crippen MR) is 176 cm³/mol. The summed E-state index contributed by atoms with van der Waals surface area (Å²) in [6, 6.07) is 21.3. The van der Waals surface area contributed by atoms with Gasteiger partial charge in [-0.2, -0.15) is 0 Å². The normalized spacial score (nSPS) is 18.9. The van der Waals surface area contributed by atoms with Crippen molar-refractivity contribution in [2.75, 3.05) is 63.3 Å². The highest BCUT2D eigenvalue weighted by Crippen LogP contribution is 2.47. The van der Waals surface area contributed by atoms with Crippen molar-refractivity contribution in [3.05, 3.63) is 77.3 Å². The zero-order chi connectivity index (χ0) is 31.1. The van der Waals surface area contributed by atoms with Crippen LogP contribution in [0.15, 0.2) is 71.6 Å². The maximum atomic E-state index is 14.1. The molecule has 3 aromatic rings. The number of carbonyl (C=O) groups is 2. The molecule has 0 spiro atoms. The summed E-state index contributed by atoms with van der Waals surface area (Å²) >= 11 is 7.91. The minimum Gasteiger partial charge on any atom is -0.497 e. The van der Waals surface area contributed by atoms with Crippen molar-refractivity contribution in [1.29, 1.82) is 0 Å². The van der Waals surface area contributed by atoms with Gasteiger partial charge in [0.15, 0.2) is 6.10 Å². The maximum absolute atomic E-state index is 14.1. The minimum absolute atomic E-state index is 0.220. The molecule has 1 fully saturated rings. The van der Waals surface area contributed by atoms with Crippen LogP contribution in [0.1, 0.15) is 37.0 Å². The van der Waals surface area contributed by atoms with Gasteiger partial charge in [0.1, 0.15) is 11.5 Å². The number of ether oxygens (including phenoxy) is 3. The van der Waals surface area contributed by atoms with Gasteiger partial charge < -0.3 is 24.0 Å². The summed E-state index contributed by atoms with van der Waals surface area (Å²) < 4.78 is 16.6. The Morgan fingerprint density at radius 3 is 2.32 bits per heavy atom. The van der Waals surface area contributed by atoms with Gasteiger partial charge in [0.25, 0.3) is 5.91 Å². The lowest BCUT2D eigenvalue weighted by atomic mass is 10.0. The fourth-order valence-corrected chi connectivity index (χ4v) is 7.44. The van der Waals surface area contributed by atoms with E-state index in [1.54, 1.807) is 25.2 Å². The quantitative estimate of drug-likeness (QED) is 0.175. The highest BCUT2D eigenvalue weighted by Gasteiger charge is 2.40. The fraction of sp³-hybridized carbons (Fsp3) is 0.412. The van der Waals surface area contributed by atoms with Gasteiger partial charge in [0.05, 0.1) is 30.8 Å². The van der Waals surface area contributed by atoms with E-state index >= 15 is 0 Å². The van der Waals surface area contributed by atoms with Gasteiger partial charge in [-0.15, -0.1) is 11.8 Å². The standard InChI is InChI=1S/C34H40ClN3O5S/c1-24(39)43-32-33(25-11-14-27(41-2)15-12-25)44-31-23-26(35)13-16-29(31)38(34(32)40)18-8-4-7-17-36-19-21-37(22-20-36)28-9-5-6-10-30(28)42-3/h5-6,9-16,23,32-33H,4,7-8,17-22H2,1-3H3/t32?,33-/m0/s1. The summed E-state index contributed by atoms with van der Waals surface area (Å²) in [5.74, 6) is 0.919. The van der Waals surface area contributed by atoms with Crippen molar-refractivity contribution in [2.45, 2.75) is 42.4 Å². The Bertz CT molecular complexity index is 1430. The third-order valence-corrected chi connectivity index (χ3v) is 9.73. The molecule has 0 aliphatic carbocycles. The Morgan fingerprint density at radius 1 is 0.886 bits per heavy atom. The zero-order valence-electron chi connectivity index (χ0n) is 25.5. The van der Waals surface area contributed by atoms with E-state index in [0.717, 1.165) is 79.6 Å². The number of methoxy groups -OCH3 is 2. The van der Waals surface area contributed by atoms with Crippen LogP contribution in [0, 0.1) is 0 Å². The molecule has 0 saturated carbocycles. The summed E-state index contributed by atoms with van der Waals surface area (Å²) in [6.07, 6.45) is 1.88. The van der Waals surface area contributed by atoms with Crippen molar-refractivity contribution in [3.63, 3.8) is 0 Å². The SMILES string of the molecule is COc1ccc([C@@H]2Sc3cc(Cl)ccc3N(CCCCCN3CCN(c4ccccc4OC)CC3)C(=O)C2OC(C)=O)cc1. The third kappa shape index (κ3) is 7.62. The monoisotopic (exact) mass is 637 g/mol. The van der Waals surface area contributed by atoms with Crippen molar-refractivity contribution >= 4 is 46.6 Å². The molecule has 2 atom stereocenters. The van der Waals surface area contributed by atoms with E-state index in [-0.39, 0.29) is 5.91 Å². The summed E-state index contributed by atoms with van der Waals surface area (Å²) in [5, 5.41) is 0.155. The lowest BCUT2D eigenvalue weighted by Gasteiger charge is -2.36. The topological polar surface area (TPSA) is 71.6 Å². The molecule has 8 nitrogen and oxygen atoms in total. The highest BCUT2D eigenvalue weighted by molar-refractivity contribution is 7.99. The predicted octanol–water partition coefficient (Wildman–Crippen LogP) is 6.46. The minimum atomic E-state index is -0.975. The second kappa shape index (κ2) is 15.1. The largest absolute Gasteiger partial charge is 0.497 e. The molecule has 0 aromatic heterocycles. The van der Waals surface area contributed by atoms with E-state index in [4.69, 9.17) is 25.8 Å². The van der Waals surface area contributed by atoms with Gasteiger partial charge >= 0.3 is 5.97 Å². The van der Waals surface area contributed by atoms with Crippen LogP contribution in [-0.4, -0.2) is 76.4 Å².